The van der Waals surface area contributed by atoms with E-state index in [-0.39, 0.29) is 11.9 Å². The fraction of sp³-hybridized carbons (Fsp3) is 0.200. The Labute approximate surface area is 125 Å². The Morgan fingerprint density at radius 3 is 2.63 bits per heavy atom. The Bertz CT molecular complexity index is 601. The van der Waals surface area contributed by atoms with E-state index in [0.717, 1.165) is 15.6 Å². The number of hydrogen-bond acceptors (Lipinski definition) is 1. The van der Waals surface area contributed by atoms with Crippen molar-refractivity contribution in [2.75, 3.05) is 0 Å². The lowest BCUT2D eigenvalue weighted by Gasteiger charge is -2.15. The molecular formula is C15H14BrClFN. The van der Waals surface area contributed by atoms with E-state index in [9.17, 15) is 4.39 Å². The summed E-state index contributed by atoms with van der Waals surface area (Å²) in [5, 5.41) is 0.684. The van der Waals surface area contributed by atoms with E-state index in [0.29, 0.717) is 17.0 Å². The third kappa shape index (κ3) is 3.56. The van der Waals surface area contributed by atoms with Gasteiger partial charge in [0.05, 0.1) is 0 Å². The maximum absolute atomic E-state index is 13.8. The van der Waals surface area contributed by atoms with E-state index in [1.54, 1.807) is 6.07 Å². The molecule has 19 heavy (non-hydrogen) atoms. The van der Waals surface area contributed by atoms with Crippen LogP contribution in [0.5, 0.6) is 0 Å². The third-order valence-electron chi connectivity index (χ3n) is 3.09. The zero-order chi connectivity index (χ0) is 14.0. The van der Waals surface area contributed by atoms with Crippen molar-refractivity contribution < 1.29 is 4.39 Å². The molecule has 0 fully saturated rings. The summed E-state index contributed by atoms with van der Waals surface area (Å²) in [6, 6.07) is 10.4. The van der Waals surface area contributed by atoms with Crippen LogP contribution in [-0.2, 0) is 6.42 Å². The monoisotopic (exact) mass is 341 g/mol. The first kappa shape index (κ1) is 14.5. The summed E-state index contributed by atoms with van der Waals surface area (Å²) >= 11 is 9.16. The Balaban J connectivity index is 2.23. The summed E-state index contributed by atoms with van der Waals surface area (Å²) in [5.74, 6) is -0.239. The summed E-state index contributed by atoms with van der Waals surface area (Å²) in [6.07, 6.45) is 0.460. The van der Waals surface area contributed by atoms with Crippen molar-refractivity contribution in [3.8, 4) is 0 Å². The van der Waals surface area contributed by atoms with Crippen molar-refractivity contribution in [1.82, 2.24) is 0 Å². The van der Waals surface area contributed by atoms with Crippen LogP contribution in [0.3, 0.4) is 0 Å². The molecule has 0 saturated heterocycles. The molecule has 0 aromatic heterocycles. The van der Waals surface area contributed by atoms with Gasteiger partial charge in [0.2, 0.25) is 0 Å². The normalized spacial score (nSPS) is 12.5. The molecule has 0 amide bonds. The first-order valence-corrected chi connectivity index (χ1v) is 7.10. The quantitative estimate of drug-likeness (QED) is 0.852. The van der Waals surface area contributed by atoms with Gasteiger partial charge in [-0.25, -0.2) is 4.39 Å². The zero-order valence-corrected chi connectivity index (χ0v) is 12.8. The molecule has 2 rings (SSSR count). The molecule has 1 nitrogen and oxygen atoms in total. The smallest absolute Gasteiger partial charge is 0.127 e. The van der Waals surface area contributed by atoms with Gasteiger partial charge < -0.3 is 5.73 Å². The molecule has 0 aliphatic rings. The number of aryl methyl sites for hydroxylation is 1. The number of halogens is 3. The Hall–Kier alpha value is -0.900. The van der Waals surface area contributed by atoms with Gasteiger partial charge in [-0.05, 0) is 54.3 Å². The molecule has 0 spiro atoms. The number of rotatable bonds is 3. The van der Waals surface area contributed by atoms with Crippen LogP contribution in [0, 0.1) is 12.7 Å². The summed E-state index contributed by atoms with van der Waals surface area (Å²) < 4.78 is 14.5. The number of hydrogen-bond donors (Lipinski definition) is 1. The summed E-state index contributed by atoms with van der Waals surface area (Å²) in [5.41, 5.74) is 8.80. The molecule has 2 aromatic carbocycles. The van der Waals surface area contributed by atoms with Crippen molar-refractivity contribution in [3.05, 3.63) is 68.4 Å². The molecule has 0 aliphatic carbocycles. The topological polar surface area (TPSA) is 26.0 Å². The molecule has 0 radical (unpaired) electrons. The highest BCUT2D eigenvalue weighted by Crippen LogP contribution is 2.24. The molecule has 0 saturated carbocycles. The molecule has 2 aromatic rings. The molecule has 0 heterocycles. The molecule has 100 valence electrons. The highest BCUT2D eigenvalue weighted by molar-refractivity contribution is 9.10. The summed E-state index contributed by atoms with van der Waals surface area (Å²) in [4.78, 5) is 0. The van der Waals surface area contributed by atoms with Gasteiger partial charge in [0, 0.05) is 15.5 Å². The minimum Gasteiger partial charge on any atom is -0.324 e. The highest BCUT2D eigenvalue weighted by Gasteiger charge is 2.13. The van der Waals surface area contributed by atoms with Gasteiger partial charge in [-0.2, -0.15) is 0 Å². The zero-order valence-electron chi connectivity index (χ0n) is 10.5. The van der Waals surface area contributed by atoms with E-state index >= 15 is 0 Å². The van der Waals surface area contributed by atoms with Crippen molar-refractivity contribution in [2.45, 2.75) is 19.4 Å². The predicted octanol–water partition coefficient (Wildman–Crippen LogP) is 4.79. The van der Waals surface area contributed by atoms with Gasteiger partial charge in [-0.15, -0.1) is 0 Å². The van der Waals surface area contributed by atoms with Crippen LogP contribution in [-0.4, -0.2) is 0 Å². The molecule has 0 bridgehead atoms. The van der Waals surface area contributed by atoms with Crippen LogP contribution in [0.15, 0.2) is 40.9 Å². The molecule has 2 N–H and O–H groups in total. The minimum absolute atomic E-state index is 0.239. The predicted molar refractivity (Wildman–Crippen MR) is 80.9 cm³/mol. The maximum atomic E-state index is 13.8. The molecule has 1 atom stereocenters. The fourth-order valence-corrected chi connectivity index (χ4v) is 2.65. The second-order valence-corrected chi connectivity index (χ2v) is 5.90. The lowest BCUT2D eigenvalue weighted by Crippen LogP contribution is -2.15. The van der Waals surface area contributed by atoms with Crippen LogP contribution < -0.4 is 5.73 Å². The number of benzene rings is 2. The first-order valence-electron chi connectivity index (χ1n) is 5.93. The molecule has 4 heteroatoms. The lowest BCUT2D eigenvalue weighted by molar-refractivity contribution is 0.592. The van der Waals surface area contributed by atoms with Gasteiger partial charge >= 0.3 is 0 Å². The van der Waals surface area contributed by atoms with Crippen LogP contribution in [0.25, 0.3) is 0 Å². The lowest BCUT2D eigenvalue weighted by atomic mass is 9.96. The SMILES string of the molecule is Cc1cc(Cl)ccc1C(N)Cc1ccc(Br)cc1F. The Morgan fingerprint density at radius 2 is 2.00 bits per heavy atom. The summed E-state index contributed by atoms with van der Waals surface area (Å²) in [7, 11) is 0. The van der Waals surface area contributed by atoms with Gasteiger partial charge in [0.1, 0.15) is 5.82 Å². The standard InChI is InChI=1S/C15H14BrClFN/c1-9-6-12(17)4-5-13(9)15(19)7-10-2-3-11(16)8-14(10)18/h2-6,8,15H,7,19H2,1H3. The average molecular weight is 343 g/mol. The Kier molecular flexibility index (Phi) is 4.61. The summed E-state index contributed by atoms with van der Waals surface area (Å²) in [6.45, 7) is 1.96. The van der Waals surface area contributed by atoms with Crippen LogP contribution >= 0.6 is 27.5 Å². The number of nitrogens with two attached hydrogens (primary N) is 1. The second kappa shape index (κ2) is 6.04. The van der Waals surface area contributed by atoms with E-state index < -0.39 is 0 Å². The maximum Gasteiger partial charge on any atom is 0.127 e. The first-order chi connectivity index (χ1) is 8.97. The molecule has 1 unspecified atom stereocenters. The van der Waals surface area contributed by atoms with Crippen LogP contribution in [0.2, 0.25) is 5.02 Å². The van der Waals surface area contributed by atoms with Crippen molar-refractivity contribution >= 4 is 27.5 Å². The van der Waals surface area contributed by atoms with E-state index in [1.807, 2.05) is 31.2 Å². The van der Waals surface area contributed by atoms with Crippen molar-refractivity contribution in [3.63, 3.8) is 0 Å². The average Bonchev–Trinajstić information content (AvgIpc) is 2.32. The van der Waals surface area contributed by atoms with E-state index in [4.69, 9.17) is 17.3 Å². The third-order valence-corrected chi connectivity index (χ3v) is 3.81. The Morgan fingerprint density at radius 1 is 1.26 bits per heavy atom. The highest BCUT2D eigenvalue weighted by atomic mass is 79.9. The van der Waals surface area contributed by atoms with Crippen molar-refractivity contribution in [2.24, 2.45) is 5.73 Å². The van der Waals surface area contributed by atoms with Gasteiger partial charge in [0.25, 0.3) is 0 Å². The van der Waals surface area contributed by atoms with Gasteiger partial charge in [-0.3, -0.25) is 0 Å². The van der Waals surface area contributed by atoms with Crippen LogP contribution in [0.1, 0.15) is 22.7 Å². The van der Waals surface area contributed by atoms with Crippen molar-refractivity contribution in [1.29, 1.82) is 0 Å². The molecular weight excluding hydrogens is 329 g/mol. The fourth-order valence-electron chi connectivity index (χ4n) is 2.09. The minimum atomic E-state index is -0.243. The van der Waals surface area contributed by atoms with Gasteiger partial charge in [-0.1, -0.05) is 39.7 Å². The van der Waals surface area contributed by atoms with Gasteiger partial charge in [0.15, 0.2) is 0 Å². The van der Waals surface area contributed by atoms with Crippen LogP contribution in [0.4, 0.5) is 4.39 Å². The molecule has 0 aliphatic heterocycles. The second-order valence-electron chi connectivity index (χ2n) is 4.55. The largest absolute Gasteiger partial charge is 0.324 e. The van der Waals surface area contributed by atoms with E-state index in [2.05, 4.69) is 15.9 Å². The van der Waals surface area contributed by atoms with E-state index in [1.165, 1.54) is 6.07 Å².